The van der Waals surface area contributed by atoms with E-state index in [4.69, 9.17) is 5.73 Å². The predicted molar refractivity (Wildman–Crippen MR) is 50.8 cm³/mol. The molecule has 2 atom stereocenters. The first-order valence-corrected chi connectivity index (χ1v) is 4.75. The highest BCUT2D eigenvalue weighted by molar-refractivity contribution is 5.36. The summed E-state index contributed by atoms with van der Waals surface area (Å²) in [7, 11) is 0. The van der Waals surface area contributed by atoms with E-state index in [0.29, 0.717) is 12.1 Å². The van der Waals surface area contributed by atoms with Crippen molar-refractivity contribution in [3.63, 3.8) is 0 Å². The maximum Gasteiger partial charge on any atom is 0.132 e. The van der Waals surface area contributed by atoms with Crippen molar-refractivity contribution in [2.45, 2.75) is 25.8 Å². The van der Waals surface area contributed by atoms with Crippen LogP contribution in [0.2, 0.25) is 0 Å². The van der Waals surface area contributed by atoms with Gasteiger partial charge in [-0.2, -0.15) is 0 Å². The molecule has 82 valence electrons. The van der Waals surface area contributed by atoms with Gasteiger partial charge in [0.2, 0.25) is 0 Å². The van der Waals surface area contributed by atoms with Crippen molar-refractivity contribution in [1.82, 2.24) is 0 Å². The lowest BCUT2D eigenvalue weighted by Crippen LogP contribution is -2.07. The zero-order valence-electron chi connectivity index (χ0n) is 8.52. The molecule has 4 heteroatoms. The number of hydrogen-bond acceptors (Lipinski definition) is 1. The maximum atomic E-state index is 13.4. The Morgan fingerprint density at radius 2 is 1.53 bits per heavy atom. The van der Waals surface area contributed by atoms with Crippen LogP contribution in [0.25, 0.3) is 0 Å². The third kappa shape index (κ3) is 1.44. The van der Waals surface area contributed by atoms with E-state index in [2.05, 4.69) is 0 Å². The molecule has 2 rings (SSSR count). The molecule has 1 aliphatic rings. The minimum absolute atomic E-state index is 0.0890. The molecular formula is C11H12F3N. The fourth-order valence-corrected chi connectivity index (χ4v) is 2.08. The Bertz CT molecular complexity index is 391. The summed E-state index contributed by atoms with van der Waals surface area (Å²) in [5.74, 6) is -2.96. The van der Waals surface area contributed by atoms with Gasteiger partial charge in [-0.15, -0.1) is 0 Å². The Labute approximate surface area is 86.1 Å². The van der Waals surface area contributed by atoms with Crippen molar-refractivity contribution in [3.8, 4) is 0 Å². The van der Waals surface area contributed by atoms with E-state index in [9.17, 15) is 13.2 Å². The lowest BCUT2D eigenvalue weighted by molar-refractivity contribution is 0.508. The van der Waals surface area contributed by atoms with Crippen LogP contribution < -0.4 is 5.73 Å². The molecule has 0 radical (unpaired) electrons. The van der Waals surface area contributed by atoms with Gasteiger partial charge in [0.05, 0.1) is 0 Å². The topological polar surface area (TPSA) is 26.0 Å². The summed E-state index contributed by atoms with van der Waals surface area (Å²) in [6, 6.07) is 1.12. The number of halogens is 3. The maximum absolute atomic E-state index is 13.4. The van der Waals surface area contributed by atoms with E-state index in [1.54, 1.807) is 0 Å². The minimum atomic E-state index is -0.902. The molecule has 1 aromatic carbocycles. The van der Waals surface area contributed by atoms with E-state index in [1.165, 1.54) is 0 Å². The molecule has 2 unspecified atom stereocenters. The average molecular weight is 215 g/mol. The molecule has 0 amide bonds. The summed E-state index contributed by atoms with van der Waals surface area (Å²) in [4.78, 5) is 0. The zero-order chi connectivity index (χ0) is 11.4. The second-order valence-electron chi connectivity index (χ2n) is 4.61. The molecule has 0 bridgehead atoms. The summed E-state index contributed by atoms with van der Waals surface area (Å²) in [5, 5.41) is 0. The molecule has 1 fully saturated rings. The molecular weight excluding hydrogens is 203 g/mol. The zero-order valence-corrected chi connectivity index (χ0v) is 8.52. The van der Waals surface area contributed by atoms with Crippen molar-refractivity contribution in [3.05, 3.63) is 35.1 Å². The summed E-state index contributed by atoms with van der Waals surface area (Å²) < 4.78 is 39.4. The van der Waals surface area contributed by atoms with Gasteiger partial charge in [0.25, 0.3) is 0 Å². The molecule has 1 aliphatic carbocycles. The fraction of sp³-hybridized carbons (Fsp3) is 0.455. The average Bonchev–Trinajstić information content (AvgIpc) is 2.53. The van der Waals surface area contributed by atoms with Crippen LogP contribution in [0.3, 0.4) is 0 Å². The molecule has 0 spiro atoms. The van der Waals surface area contributed by atoms with E-state index in [1.807, 2.05) is 13.8 Å². The lowest BCUT2D eigenvalue weighted by atomic mass is 10.0. The largest absolute Gasteiger partial charge is 0.327 e. The van der Waals surface area contributed by atoms with E-state index in [-0.39, 0.29) is 22.9 Å². The molecule has 15 heavy (non-hydrogen) atoms. The number of benzene rings is 1. The highest BCUT2D eigenvalue weighted by Crippen LogP contribution is 2.58. The van der Waals surface area contributed by atoms with Gasteiger partial charge in [-0.1, -0.05) is 13.8 Å². The first kappa shape index (κ1) is 10.5. The van der Waals surface area contributed by atoms with Crippen LogP contribution in [0, 0.1) is 22.9 Å². The molecule has 1 aromatic rings. The minimum Gasteiger partial charge on any atom is -0.327 e. The molecule has 1 nitrogen and oxygen atoms in total. The van der Waals surface area contributed by atoms with E-state index >= 15 is 0 Å². The van der Waals surface area contributed by atoms with Crippen LogP contribution in [-0.2, 0) is 0 Å². The Balaban J connectivity index is 2.47. The summed E-state index contributed by atoms with van der Waals surface area (Å²) in [6.07, 6.45) is 0. The van der Waals surface area contributed by atoms with Crippen LogP contribution in [0.4, 0.5) is 13.2 Å². The highest BCUT2D eigenvalue weighted by atomic mass is 19.1. The summed E-state index contributed by atoms with van der Waals surface area (Å²) >= 11 is 0. The highest BCUT2D eigenvalue weighted by Gasteiger charge is 2.58. The van der Waals surface area contributed by atoms with Gasteiger partial charge in [-0.25, -0.2) is 13.2 Å². The normalized spacial score (nSPS) is 27.9. The lowest BCUT2D eigenvalue weighted by Gasteiger charge is -2.06. The van der Waals surface area contributed by atoms with Crippen molar-refractivity contribution in [1.29, 1.82) is 0 Å². The van der Waals surface area contributed by atoms with Crippen LogP contribution in [0.15, 0.2) is 12.1 Å². The second kappa shape index (κ2) is 2.98. The van der Waals surface area contributed by atoms with Gasteiger partial charge in [0, 0.05) is 29.7 Å². The van der Waals surface area contributed by atoms with Crippen molar-refractivity contribution < 1.29 is 13.2 Å². The molecule has 1 saturated carbocycles. The van der Waals surface area contributed by atoms with Crippen LogP contribution >= 0.6 is 0 Å². The van der Waals surface area contributed by atoms with Gasteiger partial charge in [0.1, 0.15) is 17.5 Å². The monoisotopic (exact) mass is 215 g/mol. The quantitative estimate of drug-likeness (QED) is 0.765. The van der Waals surface area contributed by atoms with Gasteiger partial charge in [-0.3, -0.25) is 0 Å². The number of rotatable bonds is 1. The fourth-order valence-electron chi connectivity index (χ4n) is 2.08. The Hall–Kier alpha value is -1.03. The van der Waals surface area contributed by atoms with Crippen LogP contribution in [0.5, 0.6) is 0 Å². The van der Waals surface area contributed by atoms with Crippen LogP contribution in [-0.4, -0.2) is 6.04 Å². The SMILES string of the molecule is CC1(C)C(N)C1c1c(F)cc(F)cc1F. The Morgan fingerprint density at radius 1 is 1.13 bits per heavy atom. The van der Waals surface area contributed by atoms with Gasteiger partial charge in [-0.05, 0) is 5.41 Å². The molecule has 2 N–H and O–H groups in total. The molecule has 0 heterocycles. The first-order valence-electron chi connectivity index (χ1n) is 4.75. The third-order valence-corrected chi connectivity index (χ3v) is 3.27. The van der Waals surface area contributed by atoms with E-state index < -0.39 is 17.5 Å². The molecule has 0 saturated heterocycles. The third-order valence-electron chi connectivity index (χ3n) is 3.27. The van der Waals surface area contributed by atoms with Crippen LogP contribution in [0.1, 0.15) is 25.3 Å². The summed E-state index contributed by atoms with van der Waals surface area (Å²) in [5.41, 5.74) is 5.32. The predicted octanol–water partition coefficient (Wildman–Crippen LogP) is 2.55. The van der Waals surface area contributed by atoms with Crippen molar-refractivity contribution >= 4 is 0 Å². The standard InChI is InChI=1S/C11H12F3N/c1-11(2)9(10(11)15)8-6(13)3-5(12)4-7(8)14/h3-4,9-10H,15H2,1-2H3. The number of hydrogen-bond donors (Lipinski definition) is 1. The molecule has 0 aliphatic heterocycles. The van der Waals surface area contributed by atoms with Gasteiger partial charge < -0.3 is 5.73 Å². The Kier molecular flexibility index (Phi) is 2.08. The van der Waals surface area contributed by atoms with E-state index in [0.717, 1.165) is 0 Å². The first-order chi connectivity index (χ1) is 6.85. The summed E-state index contributed by atoms with van der Waals surface area (Å²) in [6.45, 7) is 3.68. The Morgan fingerprint density at radius 3 is 1.87 bits per heavy atom. The van der Waals surface area contributed by atoms with Crippen molar-refractivity contribution in [2.75, 3.05) is 0 Å². The van der Waals surface area contributed by atoms with Crippen molar-refractivity contribution in [2.24, 2.45) is 11.1 Å². The number of nitrogens with two attached hydrogens (primary N) is 1. The van der Waals surface area contributed by atoms with Gasteiger partial charge >= 0.3 is 0 Å². The second-order valence-corrected chi connectivity index (χ2v) is 4.61. The molecule has 0 aromatic heterocycles. The van der Waals surface area contributed by atoms with Gasteiger partial charge in [0.15, 0.2) is 0 Å². The smallest absolute Gasteiger partial charge is 0.132 e.